The van der Waals surface area contributed by atoms with E-state index >= 15 is 0 Å². The van der Waals surface area contributed by atoms with Gasteiger partial charge in [0.2, 0.25) is 0 Å². The molecular weight excluding hydrogens is 252 g/mol. The van der Waals surface area contributed by atoms with E-state index in [2.05, 4.69) is 24.3 Å². The number of aryl methyl sites for hydroxylation is 1. The molecule has 1 aromatic rings. The largest absolute Gasteiger partial charge is 0.370 e. The molecule has 1 aromatic heterocycles. The molecule has 112 valence electrons. The van der Waals surface area contributed by atoms with Gasteiger partial charge < -0.3 is 10.2 Å². The molecule has 3 N–H and O–H groups in total. The van der Waals surface area contributed by atoms with Crippen LogP contribution in [0.4, 0.5) is 5.82 Å². The highest BCUT2D eigenvalue weighted by atomic mass is 16.5. The van der Waals surface area contributed by atoms with E-state index in [0.717, 1.165) is 48.6 Å². The molecule has 1 aliphatic rings. The van der Waals surface area contributed by atoms with Gasteiger partial charge in [0.25, 0.3) is 0 Å². The SMILES string of the molecule is CCc1c(C)nc(C2(OC)CCCC(C)C2)nc1NN. The zero-order valence-corrected chi connectivity index (χ0v) is 13.0. The molecule has 0 aliphatic heterocycles. The first kappa shape index (κ1) is 15.2. The lowest BCUT2D eigenvalue weighted by atomic mass is 9.78. The maximum Gasteiger partial charge on any atom is 0.162 e. The van der Waals surface area contributed by atoms with E-state index in [0.29, 0.717) is 5.92 Å². The van der Waals surface area contributed by atoms with Crippen molar-refractivity contribution in [2.24, 2.45) is 11.8 Å². The Morgan fingerprint density at radius 2 is 2.20 bits per heavy atom. The molecule has 2 unspecified atom stereocenters. The number of hydrazine groups is 1. The minimum Gasteiger partial charge on any atom is -0.370 e. The highest BCUT2D eigenvalue weighted by Crippen LogP contribution is 2.41. The number of anilines is 1. The van der Waals surface area contributed by atoms with Crippen LogP contribution in [0, 0.1) is 12.8 Å². The second-order valence-corrected chi connectivity index (χ2v) is 5.86. The fraction of sp³-hybridized carbons (Fsp3) is 0.733. The van der Waals surface area contributed by atoms with Crippen molar-refractivity contribution in [3.05, 3.63) is 17.1 Å². The number of rotatable bonds is 4. The number of nitrogens with zero attached hydrogens (tertiary/aromatic N) is 2. The van der Waals surface area contributed by atoms with Crippen LogP contribution in [0.1, 0.15) is 56.6 Å². The van der Waals surface area contributed by atoms with E-state index in [-0.39, 0.29) is 5.60 Å². The van der Waals surface area contributed by atoms with Gasteiger partial charge in [-0.15, -0.1) is 0 Å². The summed E-state index contributed by atoms with van der Waals surface area (Å²) in [6, 6.07) is 0. The minimum absolute atomic E-state index is 0.361. The van der Waals surface area contributed by atoms with Crippen molar-refractivity contribution >= 4 is 5.82 Å². The molecule has 1 aliphatic carbocycles. The number of nitrogens with one attached hydrogen (secondary N) is 1. The van der Waals surface area contributed by atoms with Gasteiger partial charge in [-0.25, -0.2) is 15.8 Å². The van der Waals surface area contributed by atoms with E-state index in [1.165, 1.54) is 6.42 Å². The third-order valence-corrected chi connectivity index (χ3v) is 4.46. The number of nitrogens with two attached hydrogens (primary N) is 1. The van der Waals surface area contributed by atoms with Crippen molar-refractivity contribution in [1.29, 1.82) is 0 Å². The van der Waals surface area contributed by atoms with Crippen LogP contribution in [0.25, 0.3) is 0 Å². The Hall–Kier alpha value is -1.20. The summed E-state index contributed by atoms with van der Waals surface area (Å²) < 4.78 is 5.87. The van der Waals surface area contributed by atoms with Crippen molar-refractivity contribution < 1.29 is 4.74 Å². The average Bonchev–Trinajstić information content (AvgIpc) is 2.46. The third kappa shape index (κ3) is 2.65. The molecule has 20 heavy (non-hydrogen) atoms. The molecule has 5 heteroatoms. The molecule has 2 rings (SSSR count). The summed E-state index contributed by atoms with van der Waals surface area (Å²) in [6.07, 6.45) is 5.21. The first-order valence-electron chi connectivity index (χ1n) is 7.46. The number of nitrogen functional groups attached to an aromatic ring is 1. The summed E-state index contributed by atoms with van der Waals surface area (Å²) in [7, 11) is 1.76. The predicted molar refractivity (Wildman–Crippen MR) is 80.3 cm³/mol. The van der Waals surface area contributed by atoms with Gasteiger partial charge in [-0.1, -0.05) is 20.3 Å². The average molecular weight is 278 g/mol. The standard InChI is InChI=1S/C15H26N4O/c1-5-12-11(3)17-14(18-13(12)19-16)15(20-4)8-6-7-10(2)9-15/h10H,5-9,16H2,1-4H3,(H,17,18,19). The molecule has 1 saturated carbocycles. The summed E-state index contributed by atoms with van der Waals surface area (Å²) in [5, 5.41) is 0. The van der Waals surface area contributed by atoms with Crippen molar-refractivity contribution in [2.75, 3.05) is 12.5 Å². The van der Waals surface area contributed by atoms with Crippen molar-refractivity contribution in [1.82, 2.24) is 9.97 Å². The predicted octanol–water partition coefficient (Wildman–Crippen LogP) is 2.68. The first-order chi connectivity index (χ1) is 9.56. The lowest BCUT2D eigenvalue weighted by Gasteiger charge is -2.38. The monoisotopic (exact) mass is 278 g/mol. The van der Waals surface area contributed by atoms with Gasteiger partial charge in [-0.2, -0.15) is 0 Å². The van der Waals surface area contributed by atoms with Crippen LogP contribution in [-0.2, 0) is 16.8 Å². The van der Waals surface area contributed by atoms with Crippen LogP contribution in [-0.4, -0.2) is 17.1 Å². The summed E-state index contributed by atoms with van der Waals surface area (Å²) in [5.74, 6) is 7.76. The lowest BCUT2D eigenvalue weighted by molar-refractivity contribution is -0.0646. The molecule has 1 fully saturated rings. The Kier molecular flexibility index (Phi) is 4.60. The van der Waals surface area contributed by atoms with Crippen LogP contribution in [0.2, 0.25) is 0 Å². The first-order valence-corrected chi connectivity index (χ1v) is 7.46. The smallest absolute Gasteiger partial charge is 0.162 e. The van der Waals surface area contributed by atoms with E-state index < -0.39 is 0 Å². The number of methoxy groups -OCH3 is 1. The van der Waals surface area contributed by atoms with Crippen molar-refractivity contribution in [3.63, 3.8) is 0 Å². The fourth-order valence-electron chi connectivity index (χ4n) is 3.33. The summed E-state index contributed by atoms with van der Waals surface area (Å²) in [4.78, 5) is 9.37. The molecule has 5 nitrogen and oxygen atoms in total. The van der Waals surface area contributed by atoms with Gasteiger partial charge in [0.15, 0.2) is 5.82 Å². The molecule has 2 atom stereocenters. The molecular formula is C15H26N4O. The van der Waals surface area contributed by atoms with Crippen LogP contribution in [0.3, 0.4) is 0 Å². The Morgan fingerprint density at radius 1 is 1.45 bits per heavy atom. The highest BCUT2D eigenvalue weighted by molar-refractivity contribution is 5.46. The van der Waals surface area contributed by atoms with Crippen molar-refractivity contribution in [2.45, 2.75) is 58.5 Å². The Balaban J connectivity index is 2.47. The highest BCUT2D eigenvalue weighted by Gasteiger charge is 2.40. The second-order valence-electron chi connectivity index (χ2n) is 5.86. The van der Waals surface area contributed by atoms with Crippen LogP contribution in [0.15, 0.2) is 0 Å². The molecule has 0 aromatic carbocycles. The van der Waals surface area contributed by atoms with E-state index in [9.17, 15) is 0 Å². The molecule has 0 spiro atoms. The van der Waals surface area contributed by atoms with E-state index in [1.54, 1.807) is 7.11 Å². The zero-order chi connectivity index (χ0) is 14.8. The van der Waals surface area contributed by atoms with Gasteiger partial charge in [0.1, 0.15) is 11.4 Å². The number of hydrogen-bond acceptors (Lipinski definition) is 5. The topological polar surface area (TPSA) is 73.1 Å². The molecule has 0 bridgehead atoms. The van der Waals surface area contributed by atoms with Gasteiger partial charge in [-0.3, -0.25) is 0 Å². The zero-order valence-electron chi connectivity index (χ0n) is 13.0. The fourth-order valence-corrected chi connectivity index (χ4v) is 3.33. The quantitative estimate of drug-likeness (QED) is 0.654. The third-order valence-electron chi connectivity index (χ3n) is 4.46. The second kappa shape index (κ2) is 6.06. The van der Waals surface area contributed by atoms with E-state index in [4.69, 9.17) is 15.6 Å². The minimum atomic E-state index is -0.361. The molecule has 0 amide bonds. The number of hydrogen-bond donors (Lipinski definition) is 2. The number of aromatic nitrogens is 2. The Bertz CT molecular complexity index is 477. The van der Waals surface area contributed by atoms with E-state index in [1.807, 2.05) is 6.92 Å². The molecule has 1 heterocycles. The maximum absolute atomic E-state index is 5.87. The van der Waals surface area contributed by atoms with Gasteiger partial charge in [0, 0.05) is 18.4 Å². The maximum atomic E-state index is 5.87. The molecule has 0 saturated heterocycles. The molecule has 0 radical (unpaired) electrons. The van der Waals surface area contributed by atoms with Crippen LogP contribution in [0.5, 0.6) is 0 Å². The van der Waals surface area contributed by atoms with Crippen LogP contribution >= 0.6 is 0 Å². The summed E-state index contributed by atoms with van der Waals surface area (Å²) in [6.45, 7) is 6.36. The van der Waals surface area contributed by atoms with Crippen LogP contribution < -0.4 is 11.3 Å². The summed E-state index contributed by atoms with van der Waals surface area (Å²) >= 11 is 0. The van der Waals surface area contributed by atoms with Crippen molar-refractivity contribution in [3.8, 4) is 0 Å². The number of ether oxygens (including phenoxy) is 1. The Morgan fingerprint density at radius 3 is 2.75 bits per heavy atom. The van der Waals surface area contributed by atoms with Gasteiger partial charge in [0.05, 0.1) is 0 Å². The normalized spacial score (nSPS) is 26.6. The summed E-state index contributed by atoms with van der Waals surface area (Å²) in [5.41, 5.74) is 4.41. The van der Waals surface area contributed by atoms with Gasteiger partial charge >= 0.3 is 0 Å². The lowest BCUT2D eigenvalue weighted by Crippen LogP contribution is -2.36. The van der Waals surface area contributed by atoms with Gasteiger partial charge in [-0.05, 0) is 38.5 Å². The Labute approximate surface area is 121 Å².